The molecule has 2 N–H and O–H groups in total. The van der Waals surface area contributed by atoms with E-state index in [1.54, 1.807) is 14.2 Å². The second-order valence-corrected chi connectivity index (χ2v) is 3.90. The van der Waals surface area contributed by atoms with Crippen molar-refractivity contribution in [2.45, 2.75) is 6.92 Å². The lowest BCUT2D eigenvalue weighted by molar-refractivity contribution is -0.119. The third kappa shape index (κ3) is 4.63. The maximum Gasteiger partial charge on any atom is 0.239 e. The molecule has 18 heavy (non-hydrogen) atoms. The van der Waals surface area contributed by atoms with Gasteiger partial charge in [0.25, 0.3) is 0 Å². The van der Waals surface area contributed by atoms with Crippen molar-refractivity contribution in [2.75, 3.05) is 39.2 Å². The summed E-state index contributed by atoms with van der Waals surface area (Å²) in [6.07, 6.45) is 0. The lowest BCUT2D eigenvalue weighted by Gasteiger charge is -2.12. The number of aryl methyl sites for hydroxylation is 1. The molecular weight excluding hydrogens is 232 g/mol. The van der Waals surface area contributed by atoms with Crippen molar-refractivity contribution in [3.63, 3.8) is 0 Å². The van der Waals surface area contributed by atoms with Gasteiger partial charge in [0.15, 0.2) is 0 Å². The topological polar surface area (TPSA) is 59.6 Å². The van der Waals surface area contributed by atoms with E-state index in [0.29, 0.717) is 13.2 Å². The van der Waals surface area contributed by atoms with Gasteiger partial charge >= 0.3 is 0 Å². The molecule has 1 aromatic rings. The lowest BCUT2D eigenvalue weighted by Crippen LogP contribution is -2.32. The van der Waals surface area contributed by atoms with Crippen LogP contribution in [0.3, 0.4) is 0 Å². The standard InChI is InChI=1S/C13H20N2O3/c1-10-4-5-12(18-3)11(8-10)15-9-13(16)14-6-7-17-2/h4-5,8,15H,6-7,9H2,1-3H3,(H,14,16). The first-order chi connectivity index (χ1) is 8.67. The average Bonchev–Trinajstić information content (AvgIpc) is 2.37. The Hall–Kier alpha value is -1.75. The third-order valence-electron chi connectivity index (χ3n) is 2.42. The molecule has 0 bridgehead atoms. The molecule has 0 atom stereocenters. The van der Waals surface area contributed by atoms with Gasteiger partial charge in [-0.15, -0.1) is 0 Å². The highest BCUT2D eigenvalue weighted by Gasteiger charge is 2.05. The van der Waals surface area contributed by atoms with Crippen molar-refractivity contribution < 1.29 is 14.3 Å². The quantitative estimate of drug-likeness (QED) is 0.715. The normalized spacial score (nSPS) is 9.94. The fourth-order valence-corrected chi connectivity index (χ4v) is 1.49. The number of benzene rings is 1. The number of hydrogen-bond donors (Lipinski definition) is 2. The Balaban J connectivity index is 2.47. The second-order valence-electron chi connectivity index (χ2n) is 3.90. The SMILES string of the molecule is COCCNC(=O)CNc1cc(C)ccc1OC. The van der Waals surface area contributed by atoms with Gasteiger partial charge in [-0.25, -0.2) is 0 Å². The molecule has 0 aliphatic heterocycles. The van der Waals surface area contributed by atoms with E-state index in [0.717, 1.165) is 17.0 Å². The summed E-state index contributed by atoms with van der Waals surface area (Å²) in [6.45, 7) is 3.23. The van der Waals surface area contributed by atoms with Gasteiger partial charge in [-0.2, -0.15) is 0 Å². The highest BCUT2D eigenvalue weighted by Crippen LogP contribution is 2.24. The third-order valence-corrected chi connectivity index (χ3v) is 2.42. The minimum atomic E-state index is -0.0735. The van der Waals surface area contributed by atoms with Gasteiger partial charge in [0.2, 0.25) is 5.91 Å². The molecule has 0 aliphatic carbocycles. The molecule has 0 saturated carbocycles. The van der Waals surface area contributed by atoms with Crippen LogP contribution < -0.4 is 15.4 Å². The first kappa shape index (κ1) is 14.3. The van der Waals surface area contributed by atoms with Gasteiger partial charge in [-0.3, -0.25) is 4.79 Å². The summed E-state index contributed by atoms with van der Waals surface area (Å²) in [5, 5.41) is 5.79. The monoisotopic (exact) mass is 252 g/mol. The molecule has 1 amide bonds. The molecule has 0 aromatic heterocycles. The van der Waals surface area contributed by atoms with Crippen molar-refractivity contribution in [1.29, 1.82) is 0 Å². The van der Waals surface area contributed by atoms with Crippen LogP contribution in [-0.4, -0.2) is 39.8 Å². The number of amides is 1. The lowest BCUT2D eigenvalue weighted by atomic mass is 10.2. The van der Waals surface area contributed by atoms with Crippen LogP contribution in [0.25, 0.3) is 0 Å². The number of hydrogen-bond acceptors (Lipinski definition) is 4. The van der Waals surface area contributed by atoms with Crippen molar-refractivity contribution in [3.8, 4) is 5.75 Å². The molecule has 0 radical (unpaired) electrons. The number of carbonyl (C=O) groups excluding carboxylic acids is 1. The summed E-state index contributed by atoms with van der Waals surface area (Å²) >= 11 is 0. The minimum Gasteiger partial charge on any atom is -0.495 e. The number of rotatable bonds is 7. The van der Waals surface area contributed by atoms with E-state index in [1.807, 2.05) is 25.1 Å². The minimum absolute atomic E-state index is 0.0735. The van der Waals surface area contributed by atoms with Gasteiger partial charge in [-0.05, 0) is 24.6 Å². The molecule has 0 aliphatic rings. The van der Waals surface area contributed by atoms with E-state index >= 15 is 0 Å². The average molecular weight is 252 g/mol. The molecule has 0 spiro atoms. The number of anilines is 1. The van der Waals surface area contributed by atoms with E-state index in [-0.39, 0.29) is 12.5 Å². The zero-order valence-electron chi connectivity index (χ0n) is 11.1. The van der Waals surface area contributed by atoms with E-state index in [4.69, 9.17) is 9.47 Å². The van der Waals surface area contributed by atoms with E-state index in [9.17, 15) is 4.79 Å². The summed E-state index contributed by atoms with van der Waals surface area (Å²) in [5.41, 5.74) is 1.93. The van der Waals surface area contributed by atoms with Crippen molar-refractivity contribution >= 4 is 11.6 Å². The first-order valence-corrected chi connectivity index (χ1v) is 5.81. The highest BCUT2D eigenvalue weighted by atomic mass is 16.5. The highest BCUT2D eigenvalue weighted by molar-refractivity contribution is 5.81. The molecule has 5 nitrogen and oxygen atoms in total. The molecular formula is C13H20N2O3. The van der Waals surface area contributed by atoms with Gasteiger partial charge < -0.3 is 20.1 Å². The molecule has 100 valence electrons. The van der Waals surface area contributed by atoms with Crippen LogP contribution in [0, 0.1) is 6.92 Å². The summed E-state index contributed by atoms with van der Waals surface area (Å²) in [5.74, 6) is 0.654. The summed E-state index contributed by atoms with van der Waals surface area (Å²) in [4.78, 5) is 11.5. The number of ether oxygens (including phenoxy) is 2. The van der Waals surface area contributed by atoms with Crippen molar-refractivity contribution in [1.82, 2.24) is 5.32 Å². The Kier molecular flexibility index (Phi) is 6.00. The molecule has 5 heteroatoms. The Morgan fingerprint density at radius 2 is 2.11 bits per heavy atom. The van der Waals surface area contributed by atoms with Crippen LogP contribution in [-0.2, 0) is 9.53 Å². The Morgan fingerprint density at radius 3 is 2.78 bits per heavy atom. The van der Waals surface area contributed by atoms with Gasteiger partial charge in [0.1, 0.15) is 5.75 Å². The largest absolute Gasteiger partial charge is 0.495 e. The predicted octanol–water partition coefficient (Wildman–Crippen LogP) is 1.18. The van der Waals surface area contributed by atoms with Crippen LogP contribution in [0.5, 0.6) is 5.75 Å². The molecule has 0 unspecified atom stereocenters. The van der Waals surface area contributed by atoms with E-state index < -0.39 is 0 Å². The smallest absolute Gasteiger partial charge is 0.239 e. The van der Waals surface area contributed by atoms with Crippen molar-refractivity contribution in [3.05, 3.63) is 23.8 Å². The number of methoxy groups -OCH3 is 2. The van der Waals surface area contributed by atoms with Gasteiger partial charge in [-0.1, -0.05) is 6.07 Å². The predicted molar refractivity (Wildman–Crippen MR) is 71.1 cm³/mol. The summed E-state index contributed by atoms with van der Waals surface area (Å²) in [7, 11) is 3.20. The Bertz CT molecular complexity index is 394. The van der Waals surface area contributed by atoms with Crippen molar-refractivity contribution in [2.24, 2.45) is 0 Å². The Labute approximate surface area is 107 Å². The number of carbonyl (C=O) groups is 1. The van der Waals surface area contributed by atoms with Gasteiger partial charge in [0.05, 0.1) is 25.9 Å². The number of nitrogens with one attached hydrogen (secondary N) is 2. The summed E-state index contributed by atoms with van der Waals surface area (Å²) < 4.78 is 10.1. The molecule has 0 saturated heterocycles. The maximum absolute atomic E-state index is 11.5. The first-order valence-electron chi connectivity index (χ1n) is 5.81. The fourth-order valence-electron chi connectivity index (χ4n) is 1.49. The molecule has 0 heterocycles. The van der Waals surface area contributed by atoms with Crippen LogP contribution in [0.1, 0.15) is 5.56 Å². The van der Waals surface area contributed by atoms with Crippen LogP contribution in [0.2, 0.25) is 0 Å². The maximum atomic E-state index is 11.5. The summed E-state index contributed by atoms with van der Waals surface area (Å²) in [6, 6.07) is 5.78. The second kappa shape index (κ2) is 7.55. The fraction of sp³-hybridized carbons (Fsp3) is 0.462. The zero-order chi connectivity index (χ0) is 13.4. The Morgan fingerprint density at radius 1 is 1.33 bits per heavy atom. The molecule has 1 aromatic carbocycles. The van der Waals surface area contributed by atoms with Crippen LogP contribution in [0.15, 0.2) is 18.2 Å². The molecule has 1 rings (SSSR count). The van der Waals surface area contributed by atoms with Crippen LogP contribution in [0.4, 0.5) is 5.69 Å². The van der Waals surface area contributed by atoms with E-state index in [1.165, 1.54) is 0 Å². The van der Waals surface area contributed by atoms with E-state index in [2.05, 4.69) is 10.6 Å². The van der Waals surface area contributed by atoms with Crippen LogP contribution >= 0.6 is 0 Å². The van der Waals surface area contributed by atoms with Gasteiger partial charge in [0, 0.05) is 13.7 Å². The molecule has 0 fully saturated rings. The zero-order valence-corrected chi connectivity index (χ0v) is 11.1.